The molecule has 2 atom stereocenters. The van der Waals surface area contributed by atoms with Gasteiger partial charge in [0, 0.05) is 37.2 Å². The fourth-order valence-corrected chi connectivity index (χ4v) is 6.22. The summed E-state index contributed by atoms with van der Waals surface area (Å²) in [5, 5.41) is 4.42. The second-order valence-electron chi connectivity index (χ2n) is 10.1. The molecule has 9 heteroatoms. The van der Waals surface area contributed by atoms with Crippen LogP contribution in [-0.2, 0) is 27.2 Å². The normalized spacial score (nSPS) is 31.4. The van der Waals surface area contributed by atoms with E-state index in [1.54, 1.807) is 6.33 Å². The van der Waals surface area contributed by atoms with Crippen LogP contribution < -0.4 is 4.90 Å². The maximum absolute atomic E-state index is 13.7. The molecular formula is C22H28N6O3. The molecule has 2 aliphatic heterocycles. The van der Waals surface area contributed by atoms with Crippen molar-refractivity contribution >= 4 is 23.5 Å². The Kier molecular flexibility index (Phi) is 3.65. The van der Waals surface area contributed by atoms with Gasteiger partial charge in [0.2, 0.25) is 0 Å². The molecule has 1 unspecified atom stereocenters. The number of esters is 1. The number of nitrogens with zero attached hydrogens (tertiary/aromatic N) is 6. The van der Waals surface area contributed by atoms with Crippen molar-refractivity contribution in [3.63, 3.8) is 0 Å². The summed E-state index contributed by atoms with van der Waals surface area (Å²) in [7, 11) is 0. The third-order valence-corrected chi connectivity index (χ3v) is 8.72. The summed E-state index contributed by atoms with van der Waals surface area (Å²) in [6.07, 6.45) is 5.94. The molecule has 164 valence electrons. The number of carbonyl (C=O) groups is 2. The van der Waals surface area contributed by atoms with Crippen LogP contribution in [-0.4, -0.2) is 68.1 Å². The van der Waals surface area contributed by atoms with Crippen LogP contribution in [0.5, 0.6) is 0 Å². The molecule has 9 nitrogen and oxygen atoms in total. The van der Waals surface area contributed by atoms with Crippen LogP contribution in [0.3, 0.4) is 0 Å². The van der Waals surface area contributed by atoms with Gasteiger partial charge in [0.15, 0.2) is 5.60 Å². The van der Waals surface area contributed by atoms with Gasteiger partial charge in [-0.1, -0.05) is 13.8 Å². The number of aromatic nitrogens is 4. The van der Waals surface area contributed by atoms with E-state index >= 15 is 0 Å². The molecule has 0 aromatic carbocycles. The number of ether oxygens (including phenoxy) is 1. The number of aryl methyl sites for hydroxylation is 1. The molecule has 1 amide bonds. The molecule has 2 aromatic heterocycles. The van der Waals surface area contributed by atoms with Crippen LogP contribution in [0.2, 0.25) is 0 Å². The first kappa shape index (κ1) is 19.0. The van der Waals surface area contributed by atoms with Crippen LogP contribution >= 0.6 is 0 Å². The summed E-state index contributed by atoms with van der Waals surface area (Å²) in [6.45, 7) is 8.58. The lowest BCUT2D eigenvalue weighted by Crippen LogP contribution is -2.59. The summed E-state index contributed by atoms with van der Waals surface area (Å²) >= 11 is 0. The predicted molar refractivity (Wildman–Crippen MR) is 112 cm³/mol. The van der Waals surface area contributed by atoms with Gasteiger partial charge in [-0.25, -0.2) is 4.98 Å². The van der Waals surface area contributed by atoms with Crippen molar-refractivity contribution in [3.05, 3.63) is 17.6 Å². The van der Waals surface area contributed by atoms with Gasteiger partial charge in [0.25, 0.3) is 11.7 Å². The number of carbonyl (C=O) groups excluding carboxylic acids is 2. The fourth-order valence-electron chi connectivity index (χ4n) is 6.22. The number of amides is 1. The second kappa shape index (κ2) is 5.95. The molecule has 0 spiro atoms. The summed E-state index contributed by atoms with van der Waals surface area (Å²) in [6, 6.07) is 0. The van der Waals surface area contributed by atoms with Crippen molar-refractivity contribution in [2.75, 3.05) is 31.1 Å². The third-order valence-electron chi connectivity index (χ3n) is 8.72. The van der Waals surface area contributed by atoms with Crippen molar-refractivity contribution in [2.45, 2.75) is 58.5 Å². The average Bonchev–Trinajstić information content (AvgIpc) is 3.48. The monoisotopic (exact) mass is 424 g/mol. The Hall–Kier alpha value is -2.71. The minimum Gasteiger partial charge on any atom is -0.448 e. The predicted octanol–water partition coefficient (Wildman–Crippen LogP) is 1.38. The number of fused-ring (bicyclic) bond motifs is 4. The quantitative estimate of drug-likeness (QED) is 0.673. The molecule has 0 N–H and O–H groups in total. The van der Waals surface area contributed by atoms with Crippen LogP contribution in [0.1, 0.15) is 51.3 Å². The van der Waals surface area contributed by atoms with Crippen molar-refractivity contribution in [1.82, 2.24) is 24.5 Å². The lowest BCUT2D eigenvalue weighted by Gasteiger charge is -2.42. The number of anilines is 1. The molecule has 31 heavy (non-hydrogen) atoms. The van der Waals surface area contributed by atoms with Gasteiger partial charge < -0.3 is 14.5 Å². The average molecular weight is 425 g/mol. The number of rotatable bonds is 2. The van der Waals surface area contributed by atoms with Gasteiger partial charge in [0.1, 0.15) is 12.1 Å². The maximum Gasteiger partial charge on any atom is 0.313 e. The summed E-state index contributed by atoms with van der Waals surface area (Å²) < 4.78 is 7.66. The van der Waals surface area contributed by atoms with E-state index in [-0.39, 0.29) is 11.9 Å². The molecule has 1 saturated carbocycles. The van der Waals surface area contributed by atoms with Gasteiger partial charge in [-0.3, -0.25) is 9.59 Å². The molecule has 2 bridgehead atoms. The van der Waals surface area contributed by atoms with E-state index in [0.717, 1.165) is 30.8 Å². The summed E-state index contributed by atoms with van der Waals surface area (Å²) in [5.41, 5.74) is 0.259. The first-order valence-electron chi connectivity index (χ1n) is 11.3. The Morgan fingerprint density at radius 1 is 1.10 bits per heavy atom. The largest absolute Gasteiger partial charge is 0.448 e. The van der Waals surface area contributed by atoms with Crippen molar-refractivity contribution in [2.24, 2.45) is 10.8 Å². The highest BCUT2D eigenvalue weighted by atomic mass is 16.6. The Morgan fingerprint density at radius 3 is 2.55 bits per heavy atom. The van der Waals surface area contributed by atoms with Gasteiger partial charge in [-0.2, -0.15) is 14.6 Å². The van der Waals surface area contributed by atoms with Crippen molar-refractivity contribution in [3.8, 4) is 0 Å². The Bertz CT molecular complexity index is 1120. The Balaban J connectivity index is 1.26. The fraction of sp³-hybridized carbons (Fsp3) is 0.682. The number of hydrogen-bond acceptors (Lipinski definition) is 7. The maximum atomic E-state index is 13.7. The zero-order chi connectivity index (χ0) is 21.6. The molecule has 2 aliphatic carbocycles. The summed E-state index contributed by atoms with van der Waals surface area (Å²) in [5.74, 6) is 1.45. The van der Waals surface area contributed by atoms with Gasteiger partial charge >= 0.3 is 5.97 Å². The zero-order valence-corrected chi connectivity index (χ0v) is 18.3. The molecule has 4 aliphatic rings. The van der Waals surface area contributed by atoms with Crippen LogP contribution in [0.25, 0.3) is 5.78 Å². The van der Waals surface area contributed by atoms with E-state index < -0.39 is 16.4 Å². The van der Waals surface area contributed by atoms with Gasteiger partial charge in [-0.15, -0.1) is 0 Å². The minimum atomic E-state index is -1.03. The molecular weight excluding hydrogens is 396 g/mol. The second-order valence-corrected chi connectivity index (χ2v) is 10.1. The molecule has 4 heterocycles. The van der Waals surface area contributed by atoms with Crippen LogP contribution in [0.4, 0.5) is 5.82 Å². The molecule has 6 rings (SSSR count). The lowest BCUT2D eigenvalue weighted by molar-refractivity contribution is -0.174. The summed E-state index contributed by atoms with van der Waals surface area (Å²) in [4.78, 5) is 39.4. The Labute approximate surface area is 180 Å². The van der Waals surface area contributed by atoms with Gasteiger partial charge in [0.05, 0.1) is 11.1 Å². The topological polar surface area (TPSA) is 92.9 Å². The molecule has 2 saturated heterocycles. The highest BCUT2D eigenvalue weighted by Crippen LogP contribution is 2.66. The number of hydrogen-bond donors (Lipinski definition) is 0. The highest BCUT2D eigenvalue weighted by Gasteiger charge is 2.76. The van der Waals surface area contributed by atoms with Crippen molar-refractivity contribution in [1.29, 1.82) is 0 Å². The molecule has 0 radical (unpaired) electrons. The molecule has 3 fully saturated rings. The van der Waals surface area contributed by atoms with Crippen LogP contribution in [0, 0.1) is 10.8 Å². The zero-order valence-electron chi connectivity index (χ0n) is 18.3. The number of piperazine rings is 1. The molecule has 2 aromatic rings. The van der Waals surface area contributed by atoms with E-state index in [2.05, 4.69) is 20.0 Å². The van der Waals surface area contributed by atoms with E-state index in [9.17, 15) is 9.59 Å². The standard InChI is InChI=1S/C22H28N6O3/c1-20(2)21(3)7-8-22(20,31-18(21)30)17(29)27-11-9-26(10-12-27)16-14-5-4-6-15(14)25-19-23-13-24-28(16)19/h13H,4-12H2,1-3H3/t21-,22?/m0/s1. The first-order valence-corrected chi connectivity index (χ1v) is 11.3. The third kappa shape index (κ3) is 2.19. The SMILES string of the molecule is CC1(C)C2(C(=O)N3CCN(c4c5c(nc6ncnn46)CCC5)CC3)CC[C@@]1(C)C(=O)O2. The van der Waals surface area contributed by atoms with E-state index in [4.69, 9.17) is 4.74 Å². The van der Waals surface area contributed by atoms with Gasteiger partial charge in [-0.05, 0) is 39.0 Å². The lowest BCUT2D eigenvalue weighted by atomic mass is 9.66. The van der Waals surface area contributed by atoms with E-state index in [0.29, 0.717) is 44.8 Å². The minimum absolute atomic E-state index is 0.0300. The Morgan fingerprint density at radius 2 is 1.87 bits per heavy atom. The highest BCUT2D eigenvalue weighted by molar-refractivity contribution is 5.96. The van der Waals surface area contributed by atoms with E-state index in [1.807, 2.05) is 30.2 Å². The smallest absolute Gasteiger partial charge is 0.313 e. The first-order chi connectivity index (χ1) is 14.8. The van der Waals surface area contributed by atoms with E-state index in [1.165, 1.54) is 5.56 Å². The van der Waals surface area contributed by atoms with Crippen molar-refractivity contribution < 1.29 is 14.3 Å². The van der Waals surface area contributed by atoms with Crippen LogP contribution in [0.15, 0.2) is 6.33 Å².